The van der Waals surface area contributed by atoms with Gasteiger partial charge in [-0.15, -0.1) is 0 Å². The highest BCUT2D eigenvalue weighted by Crippen LogP contribution is 2.21. The average molecular weight is 304 g/mol. The molecule has 1 aromatic rings. The summed E-state index contributed by atoms with van der Waals surface area (Å²) >= 11 is 0. The Morgan fingerprint density at radius 2 is 2.05 bits per heavy atom. The summed E-state index contributed by atoms with van der Waals surface area (Å²) in [5, 5.41) is -0.525. The maximum absolute atomic E-state index is 13.7. The third-order valence-electron chi connectivity index (χ3n) is 3.14. The van der Waals surface area contributed by atoms with E-state index in [2.05, 4.69) is 4.98 Å². The summed E-state index contributed by atoms with van der Waals surface area (Å²) < 4.78 is 45.1. The Morgan fingerprint density at radius 1 is 1.40 bits per heavy atom. The van der Waals surface area contributed by atoms with E-state index < -0.39 is 20.9 Å². The van der Waals surface area contributed by atoms with E-state index in [1.165, 1.54) is 23.7 Å². The van der Waals surface area contributed by atoms with Crippen LogP contribution in [0.25, 0.3) is 0 Å². The summed E-state index contributed by atoms with van der Waals surface area (Å²) in [7, 11) is -2.46. The molecular weight excluding hydrogens is 283 g/mol. The number of hydrogen-bond donors (Lipinski definition) is 0. The monoisotopic (exact) mass is 304 g/mol. The normalized spacial score (nSPS) is 12.3. The molecule has 20 heavy (non-hydrogen) atoms. The van der Waals surface area contributed by atoms with Crippen LogP contribution in [-0.2, 0) is 14.8 Å². The Bertz CT molecular complexity index is 518. The predicted octanol–water partition coefficient (Wildman–Crippen LogP) is 2.05. The number of ether oxygens (including phenoxy) is 1. The summed E-state index contributed by atoms with van der Waals surface area (Å²) in [5.74, 6) is -0.833. The van der Waals surface area contributed by atoms with Crippen molar-refractivity contribution < 1.29 is 17.5 Å². The Labute approximate surface area is 119 Å². The molecule has 0 unspecified atom stereocenters. The molecule has 0 radical (unpaired) electrons. The number of nitrogens with zero attached hydrogens (tertiary/aromatic N) is 2. The molecule has 114 valence electrons. The van der Waals surface area contributed by atoms with Crippen LogP contribution in [0.3, 0.4) is 0 Å². The fourth-order valence-electron chi connectivity index (χ4n) is 2.05. The molecule has 0 N–H and O–H groups in total. The summed E-state index contributed by atoms with van der Waals surface area (Å²) in [4.78, 5) is 3.68. The molecule has 7 heteroatoms. The summed E-state index contributed by atoms with van der Waals surface area (Å²) in [6, 6.07) is 2.27. The maximum atomic E-state index is 13.7. The van der Waals surface area contributed by atoms with E-state index in [4.69, 9.17) is 4.74 Å². The number of aromatic nitrogens is 1. The van der Waals surface area contributed by atoms with Gasteiger partial charge in [0.25, 0.3) is 10.0 Å². The molecule has 0 fully saturated rings. The largest absolute Gasteiger partial charge is 0.383 e. The highest BCUT2D eigenvalue weighted by molar-refractivity contribution is 7.89. The SMILES string of the molecule is CCC(CC)N(CCOC)S(=O)(=O)c1ncccc1F. The lowest BCUT2D eigenvalue weighted by molar-refractivity contribution is 0.163. The van der Waals surface area contributed by atoms with Crippen molar-refractivity contribution in [2.24, 2.45) is 0 Å². The number of halogens is 1. The molecule has 0 saturated heterocycles. The number of hydrogen-bond acceptors (Lipinski definition) is 4. The van der Waals surface area contributed by atoms with Gasteiger partial charge in [0.2, 0.25) is 5.03 Å². The van der Waals surface area contributed by atoms with Crippen LogP contribution in [0.5, 0.6) is 0 Å². The zero-order chi connectivity index (χ0) is 15.2. The standard InChI is InChI=1S/C13H21FN2O3S/c1-4-11(5-2)16(9-10-19-3)20(17,18)13-12(14)7-6-8-15-13/h6-8,11H,4-5,9-10H2,1-3H3. The van der Waals surface area contributed by atoms with E-state index in [9.17, 15) is 12.8 Å². The summed E-state index contributed by atoms with van der Waals surface area (Å²) in [6.45, 7) is 4.24. The first-order valence-corrected chi connectivity index (χ1v) is 8.04. The number of rotatable bonds is 8. The average Bonchev–Trinajstić information content (AvgIpc) is 2.43. The highest BCUT2D eigenvalue weighted by Gasteiger charge is 2.32. The molecule has 0 aliphatic heterocycles. The second kappa shape index (κ2) is 7.66. The number of methoxy groups -OCH3 is 1. The first kappa shape index (κ1) is 17.0. The van der Waals surface area contributed by atoms with Gasteiger partial charge in [-0.3, -0.25) is 0 Å². The molecule has 1 rings (SSSR count). The Morgan fingerprint density at radius 3 is 2.55 bits per heavy atom. The molecule has 5 nitrogen and oxygen atoms in total. The molecule has 1 aromatic heterocycles. The van der Waals surface area contributed by atoms with E-state index >= 15 is 0 Å². The zero-order valence-corrected chi connectivity index (χ0v) is 12.9. The van der Waals surface area contributed by atoms with Crippen LogP contribution in [0.1, 0.15) is 26.7 Å². The van der Waals surface area contributed by atoms with Gasteiger partial charge in [-0.05, 0) is 25.0 Å². The molecule has 0 atom stereocenters. The topological polar surface area (TPSA) is 59.5 Å². The van der Waals surface area contributed by atoms with Gasteiger partial charge in [0, 0.05) is 25.9 Å². The van der Waals surface area contributed by atoms with Crippen molar-refractivity contribution in [2.45, 2.75) is 37.8 Å². The lowest BCUT2D eigenvalue weighted by Crippen LogP contribution is -2.42. The van der Waals surface area contributed by atoms with Gasteiger partial charge in [0.15, 0.2) is 5.82 Å². The molecule has 0 bridgehead atoms. The van der Waals surface area contributed by atoms with E-state index in [1.54, 1.807) is 0 Å². The number of pyridine rings is 1. The molecule has 0 saturated carbocycles. The quantitative estimate of drug-likeness (QED) is 0.737. The van der Waals surface area contributed by atoms with Gasteiger partial charge < -0.3 is 4.74 Å². The highest BCUT2D eigenvalue weighted by atomic mass is 32.2. The fourth-order valence-corrected chi connectivity index (χ4v) is 3.78. The van der Waals surface area contributed by atoms with Gasteiger partial charge in [0.1, 0.15) is 0 Å². The Hall–Kier alpha value is -1.05. The molecule has 0 aliphatic carbocycles. The first-order chi connectivity index (χ1) is 9.48. The van der Waals surface area contributed by atoms with E-state index in [0.717, 1.165) is 6.07 Å². The lowest BCUT2D eigenvalue weighted by Gasteiger charge is -2.29. The van der Waals surface area contributed by atoms with Crippen LogP contribution < -0.4 is 0 Å². The second-order valence-electron chi connectivity index (χ2n) is 4.37. The number of sulfonamides is 1. The van der Waals surface area contributed by atoms with Crippen LogP contribution >= 0.6 is 0 Å². The smallest absolute Gasteiger partial charge is 0.263 e. The van der Waals surface area contributed by atoms with Crippen LogP contribution in [-0.4, -0.2) is 44.0 Å². The zero-order valence-electron chi connectivity index (χ0n) is 12.0. The van der Waals surface area contributed by atoms with Crippen molar-refractivity contribution in [2.75, 3.05) is 20.3 Å². The lowest BCUT2D eigenvalue weighted by atomic mass is 10.2. The summed E-state index contributed by atoms with van der Waals surface area (Å²) in [5.41, 5.74) is 0. The molecular formula is C13H21FN2O3S. The van der Waals surface area contributed by atoms with Crippen LogP contribution in [0, 0.1) is 5.82 Å². The van der Waals surface area contributed by atoms with Gasteiger partial charge in [-0.25, -0.2) is 17.8 Å². The van der Waals surface area contributed by atoms with Gasteiger partial charge >= 0.3 is 0 Å². The van der Waals surface area contributed by atoms with Crippen molar-refractivity contribution in [3.05, 3.63) is 24.1 Å². The first-order valence-electron chi connectivity index (χ1n) is 6.60. The maximum Gasteiger partial charge on any atom is 0.263 e. The van der Waals surface area contributed by atoms with Crippen molar-refractivity contribution in [1.29, 1.82) is 0 Å². The van der Waals surface area contributed by atoms with Crippen molar-refractivity contribution in [3.8, 4) is 0 Å². The van der Waals surface area contributed by atoms with Gasteiger partial charge in [-0.1, -0.05) is 13.8 Å². The third kappa shape index (κ3) is 3.74. The summed E-state index contributed by atoms with van der Waals surface area (Å²) in [6.07, 6.45) is 2.57. The fraction of sp³-hybridized carbons (Fsp3) is 0.615. The van der Waals surface area contributed by atoms with Crippen molar-refractivity contribution >= 4 is 10.0 Å². The van der Waals surface area contributed by atoms with Gasteiger partial charge in [-0.2, -0.15) is 4.31 Å². The van der Waals surface area contributed by atoms with Gasteiger partial charge in [0.05, 0.1) is 6.61 Å². The minimum absolute atomic E-state index is 0.182. The minimum Gasteiger partial charge on any atom is -0.383 e. The van der Waals surface area contributed by atoms with E-state index in [1.807, 2.05) is 13.8 Å². The third-order valence-corrected chi connectivity index (χ3v) is 5.03. The molecule has 0 aliphatic rings. The van der Waals surface area contributed by atoms with Crippen LogP contribution in [0.4, 0.5) is 4.39 Å². The molecule has 0 amide bonds. The second-order valence-corrected chi connectivity index (χ2v) is 6.18. The van der Waals surface area contributed by atoms with Crippen LogP contribution in [0.15, 0.2) is 23.4 Å². The minimum atomic E-state index is -3.96. The molecule has 0 spiro atoms. The van der Waals surface area contributed by atoms with Crippen LogP contribution in [0.2, 0.25) is 0 Å². The Balaban J connectivity index is 3.20. The molecule has 1 heterocycles. The van der Waals surface area contributed by atoms with E-state index in [-0.39, 0.29) is 19.2 Å². The van der Waals surface area contributed by atoms with Crippen molar-refractivity contribution in [1.82, 2.24) is 9.29 Å². The van der Waals surface area contributed by atoms with E-state index in [0.29, 0.717) is 12.8 Å². The predicted molar refractivity (Wildman–Crippen MR) is 74.3 cm³/mol. The molecule has 0 aromatic carbocycles. The van der Waals surface area contributed by atoms with Crippen molar-refractivity contribution in [3.63, 3.8) is 0 Å². The Kier molecular flexibility index (Phi) is 6.51.